The molecule has 0 spiro atoms. The predicted octanol–water partition coefficient (Wildman–Crippen LogP) is 6.77. The molecule has 134 valence electrons. The van der Waals surface area contributed by atoms with Crippen LogP contribution in [0.5, 0.6) is 11.5 Å². The summed E-state index contributed by atoms with van der Waals surface area (Å²) in [6.45, 7) is 4.33. The molecule has 1 aliphatic carbocycles. The van der Waals surface area contributed by atoms with Gasteiger partial charge >= 0.3 is 0 Å². The zero-order valence-electron chi connectivity index (χ0n) is 15.2. The summed E-state index contributed by atoms with van der Waals surface area (Å²) < 4.78 is 0. The maximum atomic E-state index is 11.1. The number of thiophene rings is 1. The summed E-state index contributed by atoms with van der Waals surface area (Å²) in [7, 11) is 0. The number of aromatic hydroxyl groups is 2. The number of rotatable bonds is 6. The molecule has 0 saturated carbocycles. The van der Waals surface area contributed by atoms with Crippen LogP contribution in [0.15, 0.2) is 34.5 Å². The number of hydrogen-bond donors (Lipinski definition) is 2. The van der Waals surface area contributed by atoms with Gasteiger partial charge in [-0.1, -0.05) is 31.4 Å². The molecule has 0 saturated heterocycles. The molecule has 1 aromatic heterocycles. The average molecular weight is 357 g/mol. The van der Waals surface area contributed by atoms with E-state index in [4.69, 9.17) is 0 Å². The van der Waals surface area contributed by atoms with Gasteiger partial charge in [0.25, 0.3) is 0 Å². The molecule has 0 amide bonds. The third-order valence-electron chi connectivity index (χ3n) is 5.20. The molecule has 1 unspecified atom stereocenters. The average Bonchev–Trinajstić information content (AvgIpc) is 3.09. The molecule has 3 rings (SSSR count). The van der Waals surface area contributed by atoms with Crippen molar-refractivity contribution in [1.82, 2.24) is 0 Å². The topological polar surface area (TPSA) is 40.5 Å². The van der Waals surface area contributed by atoms with Crippen LogP contribution in [0.25, 0.3) is 11.1 Å². The van der Waals surface area contributed by atoms with Gasteiger partial charge in [-0.05, 0) is 73.0 Å². The van der Waals surface area contributed by atoms with E-state index in [1.165, 1.54) is 5.57 Å². The van der Waals surface area contributed by atoms with Crippen molar-refractivity contribution < 1.29 is 10.2 Å². The number of benzene rings is 1. The zero-order chi connectivity index (χ0) is 17.8. The van der Waals surface area contributed by atoms with Crippen LogP contribution in [-0.2, 0) is 6.42 Å². The first kappa shape index (κ1) is 18.1. The van der Waals surface area contributed by atoms with Crippen LogP contribution < -0.4 is 0 Å². The summed E-state index contributed by atoms with van der Waals surface area (Å²) in [6.07, 6.45) is 9.71. The highest BCUT2D eigenvalue weighted by Gasteiger charge is 2.25. The summed E-state index contributed by atoms with van der Waals surface area (Å²) >= 11 is 1.64. The van der Waals surface area contributed by atoms with Crippen LogP contribution in [0.3, 0.4) is 0 Å². The Morgan fingerprint density at radius 3 is 2.76 bits per heavy atom. The third-order valence-corrected chi connectivity index (χ3v) is 5.89. The molecular weight excluding hydrogens is 328 g/mol. The molecule has 1 heterocycles. The van der Waals surface area contributed by atoms with Gasteiger partial charge in [-0.15, -0.1) is 0 Å². The van der Waals surface area contributed by atoms with E-state index in [2.05, 4.69) is 31.4 Å². The van der Waals surface area contributed by atoms with Crippen molar-refractivity contribution in [3.8, 4) is 22.6 Å². The van der Waals surface area contributed by atoms with Crippen LogP contribution in [0.2, 0.25) is 0 Å². The Labute approximate surface area is 154 Å². The molecule has 0 radical (unpaired) electrons. The quantitative estimate of drug-likeness (QED) is 0.443. The van der Waals surface area contributed by atoms with Crippen molar-refractivity contribution >= 4 is 11.3 Å². The van der Waals surface area contributed by atoms with E-state index in [9.17, 15) is 10.2 Å². The van der Waals surface area contributed by atoms with E-state index in [1.807, 2.05) is 11.4 Å². The SMILES string of the molecule is CCCCCc1cc(O)c(C2C=C(C)CCC2)c(O)c1-c1ccsc1. The van der Waals surface area contributed by atoms with Gasteiger partial charge in [0.1, 0.15) is 11.5 Å². The highest BCUT2D eigenvalue weighted by atomic mass is 32.1. The van der Waals surface area contributed by atoms with E-state index in [1.54, 1.807) is 11.3 Å². The second kappa shape index (κ2) is 8.09. The molecule has 25 heavy (non-hydrogen) atoms. The molecule has 2 N–H and O–H groups in total. The molecule has 1 atom stereocenters. The highest BCUT2D eigenvalue weighted by Crippen LogP contribution is 2.47. The van der Waals surface area contributed by atoms with Gasteiger partial charge in [0.2, 0.25) is 0 Å². The van der Waals surface area contributed by atoms with E-state index >= 15 is 0 Å². The van der Waals surface area contributed by atoms with Crippen LogP contribution in [0, 0.1) is 0 Å². The second-order valence-electron chi connectivity index (χ2n) is 7.17. The minimum atomic E-state index is 0.107. The normalized spacial score (nSPS) is 17.5. The maximum absolute atomic E-state index is 11.1. The van der Waals surface area contributed by atoms with Gasteiger partial charge in [0, 0.05) is 17.0 Å². The van der Waals surface area contributed by atoms with Gasteiger partial charge in [0.05, 0.1) is 0 Å². The summed E-state index contributed by atoms with van der Waals surface area (Å²) in [4.78, 5) is 0. The van der Waals surface area contributed by atoms with Gasteiger partial charge in [-0.25, -0.2) is 0 Å². The predicted molar refractivity (Wildman–Crippen MR) is 107 cm³/mol. The van der Waals surface area contributed by atoms with Crippen molar-refractivity contribution in [3.63, 3.8) is 0 Å². The molecule has 1 aliphatic rings. The van der Waals surface area contributed by atoms with Gasteiger partial charge in [-0.3, -0.25) is 0 Å². The smallest absolute Gasteiger partial charge is 0.131 e. The van der Waals surface area contributed by atoms with Crippen molar-refractivity contribution in [2.45, 2.75) is 64.7 Å². The molecule has 0 bridgehead atoms. The summed E-state index contributed by atoms with van der Waals surface area (Å²) in [5.74, 6) is 0.635. The van der Waals surface area contributed by atoms with Crippen LogP contribution in [0.1, 0.15) is 69.4 Å². The van der Waals surface area contributed by atoms with Crippen molar-refractivity contribution in [1.29, 1.82) is 0 Å². The fraction of sp³-hybridized carbons (Fsp3) is 0.455. The summed E-state index contributed by atoms with van der Waals surface area (Å²) in [5, 5.41) is 26.0. The Morgan fingerprint density at radius 2 is 2.08 bits per heavy atom. The Balaban J connectivity index is 2.08. The van der Waals surface area contributed by atoms with Crippen LogP contribution in [-0.4, -0.2) is 10.2 Å². The first-order chi connectivity index (χ1) is 12.1. The van der Waals surface area contributed by atoms with Crippen molar-refractivity contribution in [2.24, 2.45) is 0 Å². The third kappa shape index (κ3) is 3.92. The van der Waals surface area contributed by atoms with E-state index < -0.39 is 0 Å². The van der Waals surface area contributed by atoms with Gasteiger partial charge in [0.15, 0.2) is 0 Å². The lowest BCUT2D eigenvalue weighted by atomic mass is 9.82. The number of phenols is 2. The molecular formula is C22H28O2S. The minimum absolute atomic E-state index is 0.107. The molecule has 2 aromatic rings. The highest BCUT2D eigenvalue weighted by molar-refractivity contribution is 7.08. The van der Waals surface area contributed by atoms with Gasteiger partial charge < -0.3 is 10.2 Å². The van der Waals surface area contributed by atoms with Crippen molar-refractivity contribution in [3.05, 3.63) is 45.7 Å². The fourth-order valence-corrected chi connectivity index (χ4v) is 4.57. The summed E-state index contributed by atoms with van der Waals surface area (Å²) in [5.41, 5.74) is 5.09. The van der Waals surface area contributed by atoms with E-state index in [0.29, 0.717) is 5.56 Å². The second-order valence-corrected chi connectivity index (χ2v) is 7.95. The summed E-state index contributed by atoms with van der Waals surface area (Å²) in [6, 6.07) is 3.96. The number of aryl methyl sites for hydroxylation is 1. The van der Waals surface area contributed by atoms with Crippen LogP contribution >= 0.6 is 11.3 Å². The zero-order valence-corrected chi connectivity index (χ0v) is 16.0. The van der Waals surface area contributed by atoms with Crippen molar-refractivity contribution in [2.75, 3.05) is 0 Å². The lowest BCUT2D eigenvalue weighted by molar-refractivity contribution is 0.429. The molecule has 3 heteroatoms. The molecule has 0 fully saturated rings. The lowest BCUT2D eigenvalue weighted by Gasteiger charge is -2.24. The minimum Gasteiger partial charge on any atom is -0.507 e. The largest absolute Gasteiger partial charge is 0.507 e. The monoisotopic (exact) mass is 356 g/mol. The van der Waals surface area contributed by atoms with E-state index in [-0.39, 0.29) is 17.4 Å². The Morgan fingerprint density at radius 1 is 1.24 bits per heavy atom. The van der Waals surface area contributed by atoms with Crippen LogP contribution in [0.4, 0.5) is 0 Å². The lowest BCUT2D eigenvalue weighted by Crippen LogP contribution is -2.05. The number of hydrogen-bond acceptors (Lipinski definition) is 3. The van der Waals surface area contributed by atoms with E-state index in [0.717, 1.165) is 61.6 Å². The maximum Gasteiger partial charge on any atom is 0.131 e. The fourth-order valence-electron chi connectivity index (χ4n) is 3.92. The van der Waals surface area contributed by atoms with Gasteiger partial charge in [-0.2, -0.15) is 11.3 Å². The number of unbranched alkanes of at least 4 members (excludes halogenated alkanes) is 2. The number of allylic oxidation sites excluding steroid dienone is 2. The Bertz CT molecular complexity index is 744. The number of phenolic OH excluding ortho intramolecular Hbond substituents is 2. The Kier molecular flexibility index (Phi) is 5.85. The first-order valence-corrected chi connectivity index (χ1v) is 10.3. The molecule has 1 aromatic carbocycles. The first-order valence-electron chi connectivity index (χ1n) is 9.39. The standard InChI is InChI=1S/C22H28O2S/c1-3-4-5-8-17-13-19(23)21(16-9-6-7-15(2)12-16)22(24)20(17)18-10-11-25-14-18/h10-14,16,23-24H,3-9H2,1-2H3. The molecule has 2 nitrogen and oxygen atoms in total. The Hall–Kier alpha value is -1.74. The molecule has 0 aliphatic heterocycles.